The summed E-state index contributed by atoms with van der Waals surface area (Å²) in [4.78, 5) is 23.1. The molecule has 11 heteroatoms. The first kappa shape index (κ1) is 27.3. The number of nitrogen functional groups attached to an aromatic ring is 1. The Balaban J connectivity index is 1.13. The highest BCUT2D eigenvalue weighted by molar-refractivity contribution is 6.35. The fraction of sp³-hybridized carbons (Fsp3) is 0.355. The topological polar surface area (TPSA) is 101 Å². The average molecular weight is 603 g/mol. The third kappa shape index (κ3) is 5.26. The summed E-state index contributed by atoms with van der Waals surface area (Å²) in [5.41, 5.74) is 11.0. The van der Waals surface area contributed by atoms with E-state index >= 15 is 0 Å². The van der Waals surface area contributed by atoms with Crippen molar-refractivity contribution >= 4 is 62.6 Å². The summed E-state index contributed by atoms with van der Waals surface area (Å²) in [6, 6.07) is 14.6. The first-order valence-corrected chi connectivity index (χ1v) is 15.2. The third-order valence-corrected chi connectivity index (χ3v) is 9.34. The van der Waals surface area contributed by atoms with Crippen molar-refractivity contribution in [1.82, 2.24) is 34.3 Å². The van der Waals surface area contributed by atoms with Crippen LogP contribution in [0.3, 0.4) is 0 Å². The van der Waals surface area contributed by atoms with Crippen molar-refractivity contribution in [2.75, 3.05) is 44.3 Å². The monoisotopic (exact) mass is 601 g/mol. The standard InChI is InChI=1S/C31H33Cl2N9/c1-40-12-14-41(15-13-40)22-7-9-23(10-8-22)42-17-25(27-29(34)35-18-36-30(27)42)19-2-5-21(6-3-19)37-31-38-26-16-20(32)4-11-24(26)28(33)39-31/h2-6,11,16-18,22-23H,7-10,12-15H2,1H3,(H2,34,35,36)(H,37,38,39). The molecular weight excluding hydrogens is 569 g/mol. The zero-order valence-corrected chi connectivity index (χ0v) is 25.0. The van der Waals surface area contributed by atoms with Crippen molar-refractivity contribution in [3.05, 3.63) is 65.2 Å². The van der Waals surface area contributed by atoms with Crippen LogP contribution in [-0.2, 0) is 0 Å². The van der Waals surface area contributed by atoms with E-state index in [1.807, 2.05) is 18.2 Å². The lowest BCUT2D eigenvalue weighted by Gasteiger charge is -2.41. The molecule has 3 aromatic heterocycles. The van der Waals surface area contributed by atoms with Gasteiger partial charge in [0.15, 0.2) is 0 Å². The summed E-state index contributed by atoms with van der Waals surface area (Å²) in [5, 5.41) is 5.89. The van der Waals surface area contributed by atoms with E-state index in [1.165, 1.54) is 25.9 Å². The van der Waals surface area contributed by atoms with Crippen molar-refractivity contribution in [1.29, 1.82) is 0 Å². The van der Waals surface area contributed by atoms with Crippen LogP contribution in [0.2, 0.25) is 10.2 Å². The largest absolute Gasteiger partial charge is 0.383 e. The number of hydrogen-bond acceptors (Lipinski definition) is 8. The minimum atomic E-state index is 0.372. The molecule has 1 aliphatic carbocycles. The van der Waals surface area contributed by atoms with Gasteiger partial charge in [0.1, 0.15) is 22.9 Å². The van der Waals surface area contributed by atoms with Crippen molar-refractivity contribution in [2.45, 2.75) is 37.8 Å². The van der Waals surface area contributed by atoms with Crippen LogP contribution in [0.4, 0.5) is 17.5 Å². The van der Waals surface area contributed by atoms with Crippen molar-refractivity contribution in [3.8, 4) is 11.1 Å². The lowest BCUT2D eigenvalue weighted by molar-refractivity contribution is 0.0828. The number of nitrogens with one attached hydrogen (secondary N) is 1. The van der Waals surface area contributed by atoms with Gasteiger partial charge in [-0.1, -0.05) is 35.3 Å². The maximum atomic E-state index is 6.44. The van der Waals surface area contributed by atoms with Gasteiger partial charge in [0.05, 0.1) is 10.9 Å². The molecule has 0 spiro atoms. The maximum Gasteiger partial charge on any atom is 0.229 e. The Morgan fingerprint density at radius 2 is 1.62 bits per heavy atom. The number of nitrogens with two attached hydrogens (primary N) is 1. The number of piperazine rings is 1. The molecule has 1 saturated carbocycles. The number of fused-ring (bicyclic) bond motifs is 2. The van der Waals surface area contributed by atoms with E-state index in [0.29, 0.717) is 39.5 Å². The maximum absolute atomic E-state index is 6.44. The second-order valence-corrected chi connectivity index (χ2v) is 12.2. The predicted molar refractivity (Wildman–Crippen MR) is 171 cm³/mol. The van der Waals surface area contributed by atoms with Crippen molar-refractivity contribution < 1.29 is 0 Å². The van der Waals surface area contributed by atoms with E-state index < -0.39 is 0 Å². The number of benzene rings is 2. The lowest BCUT2D eigenvalue weighted by Crippen LogP contribution is -2.49. The average Bonchev–Trinajstić information content (AvgIpc) is 3.39. The zero-order chi connectivity index (χ0) is 28.8. The van der Waals surface area contributed by atoms with Gasteiger partial charge in [-0.3, -0.25) is 4.90 Å². The molecule has 216 valence electrons. The minimum Gasteiger partial charge on any atom is -0.383 e. The molecule has 0 bridgehead atoms. The first-order valence-electron chi connectivity index (χ1n) is 14.5. The molecule has 5 aromatic rings. The van der Waals surface area contributed by atoms with Crippen LogP contribution in [0.1, 0.15) is 31.7 Å². The van der Waals surface area contributed by atoms with Gasteiger partial charge in [-0.2, -0.15) is 0 Å². The molecule has 4 heterocycles. The highest BCUT2D eigenvalue weighted by atomic mass is 35.5. The highest BCUT2D eigenvalue weighted by Gasteiger charge is 2.30. The summed E-state index contributed by atoms with van der Waals surface area (Å²) in [7, 11) is 2.21. The second-order valence-electron chi connectivity index (χ2n) is 11.4. The van der Waals surface area contributed by atoms with Crippen LogP contribution in [0.5, 0.6) is 0 Å². The molecule has 2 aliphatic rings. The zero-order valence-electron chi connectivity index (χ0n) is 23.5. The molecule has 0 unspecified atom stereocenters. The Kier molecular flexibility index (Phi) is 7.35. The van der Waals surface area contributed by atoms with E-state index in [2.05, 4.69) is 60.0 Å². The molecule has 1 saturated heterocycles. The van der Waals surface area contributed by atoms with Gasteiger partial charge in [0.25, 0.3) is 0 Å². The van der Waals surface area contributed by atoms with Crippen LogP contribution in [0, 0.1) is 0 Å². The molecule has 3 N–H and O–H groups in total. The van der Waals surface area contributed by atoms with Crippen LogP contribution in [0.25, 0.3) is 33.1 Å². The summed E-state index contributed by atoms with van der Waals surface area (Å²) in [5.74, 6) is 0.906. The fourth-order valence-electron chi connectivity index (χ4n) is 6.48. The van der Waals surface area contributed by atoms with Gasteiger partial charge in [-0.25, -0.2) is 19.9 Å². The van der Waals surface area contributed by atoms with E-state index in [9.17, 15) is 0 Å². The Bertz CT molecular complexity index is 1740. The molecule has 7 rings (SSSR count). The Morgan fingerprint density at radius 3 is 2.38 bits per heavy atom. The van der Waals surface area contributed by atoms with Gasteiger partial charge in [-0.05, 0) is 68.6 Å². The summed E-state index contributed by atoms with van der Waals surface area (Å²) in [6.45, 7) is 4.67. The molecule has 42 heavy (non-hydrogen) atoms. The smallest absolute Gasteiger partial charge is 0.229 e. The number of nitrogens with zero attached hydrogens (tertiary/aromatic N) is 7. The number of halogens is 2. The third-order valence-electron chi connectivity index (χ3n) is 8.82. The molecule has 0 atom stereocenters. The van der Waals surface area contributed by atoms with E-state index in [1.54, 1.807) is 18.5 Å². The van der Waals surface area contributed by atoms with Crippen LogP contribution >= 0.6 is 23.2 Å². The van der Waals surface area contributed by atoms with E-state index in [0.717, 1.165) is 59.2 Å². The molecular formula is C31H33Cl2N9. The number of anilines is 3. The molecule has 1 aliphatic heterocycles. The van der Waals surface area contributed by atoms with Crippen molar-refractivity contribution in [2.24, 2.45) is 0 Å². The summed E-state index contributed by atoms with van der Waals surface area (Å²) >= 11 is 12.6. The van der Waals surface area contributed by atoms with Crippen molar-refractivity contribution in [3.63, 3.8) is 0 Å². The summed E-state index contributed by atoms with van der Waals surface area (Å²) < 4.78 is 2.34. The number of rotatable bonds is 5. The lowest BCUT2D eigenvalue weighted by atomic mass is 9.89. The Hall–Kier alpha value is -3.50. The number of aromatic nitrogens is 5. The highest BCUT2D eigenvalue weighted by Crippen LogP contribution is 2.39. The molecule has 0 amide bonds. The first-order chi connectivity index (χ1) is 20.4. The SMILES string of the molecule is CN1CCN(C2CCC(n3cc(-c4ccc(Nc5nc(Cl)c6ccc(Cl)cc6n5)cc4)c4c(N)ncnc43)CC2)CC1. The number of hydrogen-bond donors (Lipinski definition) is 2. The van der Waals surface area contributed by atoms with Gasteiger partial charge in [0.2, 0.25) is 5.95 Å². The second kappa shape index (κ2) is 11.3. The summed E-state index contributed by atoms with van der Waals surface area (Å²) in [6.07, 6.45) is 8.46. The van der Waals surface area contributed by atoms with Gasteiger partial charge >= 0.3 is 0 Å². The molecule has 2 fully saturated rings. The fourth-order valence-corrected chi connectivity index (χ4v) is 6.88. The van der Waals surface area contributed by atoms with Gasteiger partial charge in [0, 0.05) is 66.1 Å². The van der Waals surface area contributed by atoms with E-state index in [-0.39, 0.29) is 0 Å². The predicted octanol–water partition coefficient (Wildman–Crippen LogP) is 6.41. The Morgan fingerprint density at radius 1 is 0.881 bits per heavy atom. The quantitative estimate of drug-likeness (QED) is 0.223. The minimum absolute atomic E-state index is 0.372. The van der Waals surface area contributed by atoms with Crippen LogP contribution < -0.4 is 11.1 Å². The normalized spacial score (nSPS) is 20.4. The molecule has 0 radical (unpaired) electrons. The van der Waals surface area contributed by atoms with E-state index in [4.69, 9.17) is 33.9 Å². The molecule has 2 aromatic carbocycles. The van der Waals surface area contributed by atoms with Crippen LogP contribution in [0.15, 0.2) is 55.0 Å². The number of likely N-dealkylation sites (N-methyl/N-ethyl adjacent to an activating group) is 1. The molecule has 9 nitrogen and oxygen atoms in total. The Labute approximate surface area is 254 Å². The van der Waals surface area contributed by atoms with Crippen LogP contribution in [-0.4, -0.2) is 73.6 Å². The van der Waals surface area contributed by atoms with Gasteiger partial charge in [-0.15, -0.1) is 0 Å². The van der Waals surface area contributed by atoms with Gasteiger partial charge < -0.3 is 20.5 Å².